The molecule has 0 N–H and O–H groups in total. The van der Waals surface area contributed by atoms with Gasteiger partial charge in [0.2, 0.25) is 0 Å². The Balaban J connectivity index is 2.05. The van der Waals surface area contributed by atoms with Crippen molar-refractivity contribution in [3.05, 3.63) is 11.4 Å². The third-order valence-corrected chi connectivity index (χ3v) is 3.56. The van der Waals surface area contributed by atoms with Crippen LogP contribution in [0.3, 0.4) is 0 Å². The Morgan fingerprint density at radius 2 is 2.04 bits per heavy atom. The van der Waals surface area contributed by atoms with Crippen molar-refractivity contribution in [1.29, 1.82) is 0 Å². The van der Waals surface area contributed by atoms with E-state index in [1.165, 1.54) is 0 Å². The first kappa shape index (κ1) is 17.2. The largest absolute Gasteiger partial charge is 0.461 e. The number of rotatable bonds is 3. The number of esters is 1. The number of hydrogen-bond acceptors (Lipinski definition) is 6. The summed E-state index contributed by atoms with van der Waals surface area (Å²) < 4.78 is 12.0. The number of carbonyl (C=O) groups excluding carboxylic acids is 2. The number of aromatic nitrogens is 3. The van der Waals surface area contributed by atoms with Crippen LogP contribution in [0.4, 0.5) is 4.79 Å². The van der Waals surface area contributed by atoms with E-state index in [0.29, 0.717) is 25.4 Å². The van der Waals surface area contributed by atoms with Crippen LogP contribution in [0.5, 0.6) is 0 Å². The molecule has 0 radical (unpaired) electrons. The van der Waals surface area contributed by atoms with Crippen LogP contribution in [0.25, 0.3) is 0 Å². The van der Waals surface area contributed by atoms with Crippen LogP contribution >= 0.6 is 0 Å². The summed E-state index contributed by atoms with van der Waals surface area (Å²) >= 11 is 0. The lowest BCUT2D eigenvalue weighted by molar-refractivity contribution is 0.0287. The number of likely N-dealkylation sites (tertiary alicyclic amines) is 1. The van der Waals surface area contributed by atoms with Gasteiger partial charge in [0.25, 0.3) is 0 Å². The summed E-state index contributed by atoms with van der Waals surface area (Å²) in [5, 5.41) is 7.97. The second-order valence-electron chi connectivity index (χ2n) is 6.56. The Morgan fingerprint density at radius 3 is 2.65 bits per heavy atom. The standard InChI is InChI=1S/C15H24N4O4/c1-6-22-13(20)12-10(2)19(17-16-12)11-7-8-18(9-11)14(21)23-15(3,4)5/h11H,6-9H2,1-5H3. The Hall–Kier alpha value is -2.12. The average molecular weight is 324 g/mol. The molecular weight excluding hydrogens is 300 g/mol. The van der Waals surface area contributed by atoms with Crippen molar-refractivity contribution in [1.82, 2.24) is 19.9 Å². The van der Waals surface area contributed by atoms with Crippen molar-refractivity contribution in [3.8, 4) is 0 Å². The third kappa shape index (κ3) is 4.00. The molecule has 1 amide bonds. The first-order valence-corrected chi connectivity index (χ1v) is 7.79. The lowest BCUT2D eigenvalue weighted by atomic mass is 10.2. The molecule has 1 atom stereocenters. The molecule has 2 heterocycles. The molecule has 0 bridgehead atoms. The zero-order chi connectivity index (χ0) is 17.2. The molecule has 0 aromatic carbocycles. The van der Waals surface area contributed by atoms with E-state index in [4.69, 9.17) is 9.47 Å². The first-order chi connectivity index (χ1) is 10.7. The molecule has 23 heavy (non-hydrogen) atoms. The summed E-state index contributed by atoms with van der Waals surface area (Å²) in [5.41, 5.74) is 0.358. The molecule has 2 rings (SSSR count). The van der Waals surface area contributed by atoms with Crippen molar-refractivity contribution in [2.45, 2.75) is 52.7 Å². The molecule has 0 saturated carbocycles. The zero-order valence-corrected chi connectivity index (χ0v) is 14.3. The summed E-state index contributed by atoms with van der Waals surface area (Å²) in [6.45, 7) is 10.4. The molecule has 1 aromatic heterocycles. The highest BCUT2D eigenvalue weighted by atomic mass is 16.6. The fourth-order valence-corrected chi connectivity index (χ4v) is 2.51. The molecule has 1 aliphatic rings. The predicted octanol–water partition coefficient (Wildman–Crippen LogP) is 1.95. The summed E-state index contributed by atoms with van der Waals surface area (Å²) in [6, 6.07) is -0.0156. The van der Waals surface area contributed by atoms with Crippen LogP contribution in [-0.2, 0) is 9.47 Å². The van der Waals surface area contributed by atoms with Gasteiger partial charge in [0.05, 0.1) is 18.3 Å². The average Bonchev–Trinajstić information content (AvgIpc) is 3.03. The highest BCUT2D eigenvalue weighted by Gasteiger charge is 2.33. The summed E-state index contributed by atoms with van der Waals surface area (Å²) in [6.07, 6.45) is 0.412. The number of amides is 1. The predicted molar refractivity (Wildman–Crippen MR) is 82.2 cm³/mol. The molecule has 8 nitrogen and oxygen atoms in total. The van der Waals surface area contributed by atoms with E-state index in [2.05, 4.69) is 10.3 Å². The van der Waals surface area contributed by atoms with Crippen LogP contribution in [0, 0.1) is 6.92 Å². The lowest BCUT2D eigenvalue weighted by Crippen LogP contribution is -2.35. The summed E-state index contributed by atoms with van der Waals surface area (Å²) in [5.74, 6) is -0.474. The van der Waals surface area contributed by atoms with Crippen molar-refractivity contribution >= 4 is 12.1 Å². The van der Waals surface area contributed by atoms with Crippen molar-refractivity contribution in [2.24, 2.45) is 0 Å². The minimum Gasteiger partial charge on any atom is -0.461 e. The first-order valence-electron chi connectivity index (χ1n) is 7.79. The van der Waals surface area contributed by atoms with E-state index in [-0.39, 0.29) is 17.8 Å². The fourth-order valence-electron chi connectivity index (χ4n) is 2.51. The van der Waals surface area contributed by atoms with Crippen LogP contribution in [0.1, 0.15) is 56.3 Å². The van der Waals surface area contributed by atoms with Gasteiger partial charge in [-0.2, -0.15) is 0 Å². The second kappa shape index (κ2) is 6.55. The molecule has 1 aliphatic heterocycles. The van der Waals surface area contributed by atoms with Crippen LogP contribution in [-0.4, -0.2) is 57.3 Å². The quantitative estimate of drug-likeness (QED) is 0.790. The van der Waals surface area contributed by atoms with Gasteiger partial charge in [-0.05, 0) is 41.0 Å². The second-order valence-corrected chi connectivity index (χ2v) is 6.56. The molecule has 1 saturated heterocycles. The van der Waals surface area contributed by atoms with Gasteiger partial charge in [-0.1, -0.05) is 5.21 Å². The maximum Gasteiger partial charge on any atom is 0.410 e. The SMILES string of the molecule is CCOC(=O)c1nnn(C2CCN(C(=O)OC(C)(C)C)C2)c1C. The minimum atomic E-state index is -0.518. The zero-order valence-electron chi connectivity index (χ0n) is 14.3. The number of hydrogen-bond donors (Lipinski definition) is 0. The molecule has 1 fully saturated rings. The van der Waals surface area contributed by atoms with Gasteiger partial charge < -0.3 is 14.4 Å². The Labute approximate surface area is 135 Å². The van der Waals surface area contributed by atoms with Crippen molar-refractivity contribution in [3.63, 3.8) is 0 Å². The van der Waals surface area contributed by atoms with Gasteiger partial charge in [0.15, 0.2) is 5.69 Å². The Kier molecular flexibility index (Phi) is 4.91. The van der Waals surface area contributed by atoms with Crippen molar-refractivity contribution in [2.75, 3.05) is 19.7 Å². The molecule has 8 heteroatoms. The van der Waals surface area contributed by atoms with E-state index in [1.54, 1.807) is 23.4 Å². The molecule has 1 unspecified atom stereocenters. The van der Waals surface area contributed by atoms with Crippen molar-refractivity contribution < 1.29 is 19.1 Å². The van der Waals surface area contributed by atoms with Crippen LogP contribution in [0.2, 0.25) is 0 Å². The fraction of sp³-hybridized carbons (Fsp3) is 0.733. The highest BCUT2D eigenvalue weighted by molar-refractivity contribution is 5.88. The van der Waals surface area contributed by atoms with Gasteiger partial charge in [-0.25, -0.2) is 14.3 Å². The Morgan fingerprint density at radius 1 is 1.35 bits per heavy atom. The lowest BCUT2D eigenvalue weighted by Gasteiger charge is -2.24. The molecular formula is C15H24N4O4. The van der Waals surface area contributed by atoms with E-state index in [0.717, 1.165) is 6.42 Å². The number of nitrogens with zero attached hydrogens (tertiary/aromatic N) is 4. The molecule has 0 aliphatic carbocycles. The van der Waals surface area contributed by atoms with Crippen LogP contribution < -0.4 is 0 Å². The van der Waals surface area contributed by atoms with E-state index < -0.39 is 11.6 Å². The van der Waals surface area contributed by atoms with E-state index in [1.807, 2.05) is 20.8 Å². The van der Waals surface area contributed by atoms with Gasteiger partial charge in [0, 0.05) is 13.1 Å². The monoisotopic (exact) mass is 324 g/mol. The molecule has 0 spiro atoms. The minimum absolute atomic E-state index is 0.0156. The number of ether oxygens (including phenoxy) is 2. The third-order valence-electron chi connectivity index (χ3n) is 3.56. The summed E-state index contributed by atoms with van der Waals surface area (Å²) in [7, 11) is 0. The van der Waals surface area contributed by atoms with Crippen LogP contribution in [0.15, 0.2) is 0 Å². The maximum atomic E-state index is 12.1. The van der Waals surface area contributed by atoms with E-state index >= 15 is 0 Å². The van der Waals surface area contributed by atoms with Gasteiger partial charge in [-0.15, -0.1) is 5.10 Å². The van der Waals surface area contributed by atoms with Gasteiger partial charge in [0.1, 0.15) is 5.60 Å². The molecule has 1 aromatic rings. The topological polar surface area (TPSA) is 86.5 Å². The Bertz CT molecular complexity index is 591. The normalized spacial score (nSPS) is 18.1. The number of carbonyl (C=O) groups is 2. The van der Waals surface area contributed by atoms with E-state index in [9.17, 15) is 9.59 Å². The smallest absolute Gasteiger partial charge is 0.410 e. The maximum absolute atomic E-state index is 12.1. The van der Waals surface area contributed by atoms with Gasteiger partial charge in [-0.3, -0.25) is 0 Å². The van der Waals surface area contributed by atoms with Gasteiger partial charge >= 0.3 is 12.1 Å². The highest BCUT2D eigenvalue weighted by Crippen LogP contribution is 2.24. The summed E-state index contributed by atoms with van der Waals surface area (Å²) in [4.78, 5) is 25.6. The molecule has 128 valence electrons.